The lowest BCUT2D eigenvalue weighted by atomic mass is 10.0. The maximum absolute atomic E-state index is 12.8. The van der Waals surface area contributed by atoms with Crippen molar-refractivity contribution < 1.29 is 9.59 Å². The van der Waals surface area contributed by atoms with Crippen LogP contribution in [0.3, 0.4) is 0 Å². The van der Waals surface area contributed by atoms with E-state index in [1.54, 1.807) is 31.2 Å². The van der Waals surface area contributed by atoms with Crippen LogP contribution < -0.4 is 21.1 Å². The van der Waals surface area contributed by atoms with Gasteiger partial charge in [-0.3, -0.25) is 19.0 Å². The van der Waals surface area contributed by atoms with E-state index in [-0.39, 0.29) is 23.9 Å². The van der Waals surface area contributed by atoms with E-state index in [0.29, 0.717) is 29.6 Å². The number of fused-ring (bicyclic) bond motifs is 1. The minimum Gasteiger partial charge on any atom is -0.337 e. The van der Waals surface area contributed by atoms with Crippen molar-refractivity contribution >= 4 is 29.1 Å². The van der Waals surface area contributed by atoms with Crippen LogP contribution in [0.1, 0.15) is 23.7 Å². The van der Waals surface area contributed by atoms with E-state index < -0.39 is 0 Å². The first kappa shape index (κ1) is 21.3. The topological polar surface area (TPSA) is 96.3 Å². The summed E-state index contributed by atoms with van der Waals surface area (Å²) in [4.78, 5) is 43.3. The molecule has 4 rings (SSSR count). The van der Waals surface area contributed by atoms with Crippen molar-refractivity contribution in [1.82, 2.24) is 9.55 Å². The van der Waals surface area contributed by atoms with Crippen molar-refractivity contribution in [2.75, 3.05) is 22.1 Å². The molecule has 32 heavy (non-hydrogen) atoms. The summed E-state index contributed by atoms with van der Waals surface area (Å²) < 4.78 is 1.42. The van der Waals surface area contributed by atoms with Gasteiger partial charge in [0.05, 0.1) is 0 Å². The highest BCUT2D eigenvalue weighted by Crippen LogP contribution is 2.23. The maximum Gasteiger partial charge on any atom is 0.255 e. The Hall–Kier alpha value is -3.94. The maximum atomic E-state index is 12.8. The van der Waals surface area contributed by atoms with E-state index in [1.165, 1.54) is 28.7 Å². The number of carbonyl (C=O) groups is 2. The largest absolute Gasteiger partial charge is 0.337 e. The summed E-state index contributed by atoms with van der Waals surface area (Å²) >= 11 is 0. The molecule has 8 heteroatoms. The van der Waals surface area contributed by atoms with Crippen LogP contribution in [0.5, 0.6) is 0 Å². The number of nitrogens with zero attached hydrogens (tertiary/aromatic N) is 3. The average Bonchev–Trinajstić information content (AvgIpc) is 2.76. The third-order valence-corrected chi connectivity index (χ3v) is 5.32. The average molecular weight is 431 g/mol. The Labute approximate surface area is 185 Å². The van der Waals surface area contributed by atoms with Crippen molar-refractivity contribution in [3.8, 4) is 0 Å². The fourth-order valence-corrected chi connectivity index (χ4v) is 3.85. The highest BCUT2D eigenvalue weighted by molar-refractivity contribution is 5.92. The van der Waals surface area contributed by atoms with Crippen LogP contribution in [0.15, 0.2) is 59.4 Å². The molecule has 8 nitrogen and oxygen atoms in total. The Kier molecular flexibility index (Phi) is 6.02. The molecule has 0 fully saturated rings. The molecular formula is C24H25N5O3. The predicted molar refractivity (Wildman–Crippen MR) is 124 cm³/mol. The van der Waals surface area contributed by atoms with Gasteiger partial charge in [-0.2, -0.15) is 0 Å². The van der Waals surface area contributed by atoms with Crippen molar-refractivity contribution in [3.05, 3.63) is 81.8 Å². The molecule has 164 valence electrons. The van der Waals surface area contributed by atoms with Crippen LogP contribution in [0.25, 0.3) is 0 Å². The van der Waals surface area contributed by atoms with E-state index in [4.69, 9.17) is 0 Å². The van der Waals surface area contributed by atoms with Crippen molar-refractivity contribution in [2.45, 2.75) is 33.4 Å². The van der Waals surface area contributed by atoms with Gasteiger partial charge >= 0.3 is 0 Å². The van der Waals surface area contributed by atoms with Gasteiger partial charge in [-0.05, 0) is 48.7 Å². The molecular weight excluding hydrogens is 406 g/mol. The van der Waals surface area contributed by atoms with Gasteiger partial charge in [0, 0.05) is 43.1 Å². The summed E-state index contributed by atoms with van der Waals surface area (Å²) in [5.74, 6) is 0.00486. The Morgan fingerprint density at radius 3 is 2.34 bits per heavy atom. The van der Waals surface area contributed by atoms with Crippen molar-refractivity contribution in [3.63, 3.8) is 0 Å². The minimum absolute atomic E-state index is 0.146. The molecule has 0 unspecified atom stereocenters. The molecule has 1 aliphatic heterocycles. The number of rotatable bonds is 5. The summed E-state index contributed by atoms with van der Waals surface area (Å²) in [6.45, 7) is 4.43. The van der Waals surface area contributed by atoms with Crippen molar-refractivity contribution in [1.29, 1.82) is 0 Å². The molecule has 2 N–H and O–H groups in total. The van der Waals surface area contributed by atoms with E-state index in [1.807, 2.05) is 17.0 Å². The van der Waals surface area contributed by atoms with E-state index >= 15 is 0 Å². The number of amides is 2. The van der Waals surface area contributed by atoms with E-state index in [2.05, 4.69) is 27.8 Å². The number of benzene rings is 2. The summed E-state index contributed by atoms with van der Waals surface area (Å²) in [5.41, 5.74) is 4.07. The number of hydrogen-bond donors (Lipinski definition) is 2. The van der Waals surface area contributed by atoms with Crippen LogP contribution >= 0.6 is 0 Å². The van der Waals surface area contributed by atoms with Crippen LogP contribution in [-0.2, 0) is 29.1 Å². The first-order valence-electron chi connectivity index (χ1n) is 10.5. The van der Waals surface area contributed by atoms with Crippen LogP contribution in [-0.4, -0.2) is 27.9 Å². The Balaban J connectivity index is 1.53. The molecule has 0 spiro atoms. The lowest BCUT2D eigenvalue weighted by Gasteiger charge is -2.31. The zero-order valence-electron chi connectivity index (χ0n) is 18.1. The van der Waals surface area contributed by atoms with Crippen LogP contribution in [0, 0.1) is 6.92 Å². The molecule has 0 atom stereocenters. The lowest BCUT2D eigenvalue weighted by Crippen LogP contribution is -2.38. The van der Waals surface area contributed by atoms with Crippen molar-refractivity contribution in [2.24, 2.45) is 0 Å². The molecule has 2 aromatic carbocycles. The molecule has 0 aliphatic carbocycles. The van der Waals surface area contributed by atoms with Crippen LogP contribution in [0.4, 0.5) is 17.3 Å². The Morgan fingerprint density at radius 2 is 1.66 bits per heavy atom. The second kappa shape index (κ2) is 9.05. The Morgan fingerprint density at radius 1 is 1.00 bits per heavy atom. The quantitative estimate of drug-likeness (QED) is 0.648. The van der Waals surface area contributed by atoms with Gasteiger partial charge in [-0.15, -0.1) is 0 Å². The Bertz CT molecular complexity index is 1220. The summed E-state index contributed by atoms with van der Waals surface area (Å²) in [6, 6.07) is 16.5. The zero-order valence-corrected chi connectivity index (χ0v) is 18.1. The fraction of sp³-hybridized carbons (Fsp3) is 0.250. The number of hydrogen-bond acceptors (Lipinski definition) is 5. The lowest BCUT2D eigenvalue weighted by molar-refractivity contribution is -0.117. The zero-order chi connectivity index (χ0) is 22.7. The fourth-order valence-electron chi connectivity index (χ4n) is 3.85. The first-order chi connectivity index (χ1) is 15.4. The summed E-state index contributed by atoms with van der Waals surface area (Å²) in [7, 11) is 0. The van der Waals surface area contributed by atoms with E-state index in [0.717, 1.165) is 13.0 Å². The highest BCUT2D eigenvalue weighted by atomic mass is 16.2. The first-order valence-corrected chi connectivity index (χ1v) is 10.5. The standard InChI is InChI=1S/C24H25N5O3/c1-16-13-23(32)29(15-22(31)27-21-9-7-20(8-10-21)26-17(2)30)24(25-16)28-12-11-18-5-3-4-6-19(18)14-28/h3-10,13H,11-12,14-15H2,1-2H3,(H,26,30)(H,27,31). The van der Waals surface area contributed by atoms with Crippen LogP contribution in [0.2, 0.25) is 0 Å². The summed E-state index contributed by atoms with van der Waals surface area (Å²) in [5, 5.41) is 5.48. The minimum atomic E-state index is -0.330. The monoisotopic (exact) mass is 431 g/mol. The second-order valence-electron chi connectivity index (χ2n) is 7.87. The predicted octanol–water partition coefficient (Wildman–Crippen LogP) is 2.71. The third-order valence-electron chi connectivity index (χ3n) is 5.32. The van der Waals surface area contributed by atoms with Gasteiger partial charge in [0.15, 0.2) is 0 Å². The van der Waals surface area contributed by atoms with Gasteiger partial charge in [-0.1, -0.05) is 24.3 Å². The molecule has 3 aromatic rings. The van der Waals surface area contributed by atoms with Gasteiger partial charge in [0.1, 0.15) is 6.54 Å². The number of aromatic nitrogens is 2. The molecule has 0 saturated heterocycles. The molecule has 1 aromatic heterocycles. The smallest absolute Gasteiger partial charge is 0.255 e. The molecule has 1 aliphatic rings. The molecule has 0 bridgehead atoms. The molecule has 0 saturated carbocycles. The van der Waals surface area contributed by atoms with Gasteiger partial charge in [-0.25, -0.2) is 4.98 Å². The number of carbonyl (C=O) groups excluding carboxylic acids is 2. The third kappa shape index (κ3) is 4.85. The normalized spacial score (nSPS) is 12.8. The summed E-state index contributed by atoms with van der Waals surface area (Å²) in [6.07, 6.45) is 0.854. The van der Waals surface area contributed by atoms with Gasteiger partial charge in [0.2, 0.25) is 17.8 Å². The number of anilines is 3. The number of aryl methyl sites for hydroxylation is 1. The van der Waals surface area contributed by atoms with E-state index in [9.17, 15) is 14.4 Å². The molecule has 2 amide bonds. The SMILES string of the molecule is CC(=O)Nc1ccc(NC(=O)Cn2c(N3CCc4ccccc4C3)nc(C)cc2=O)cc1. The second-order valence-corrected chi connectivity index (χ2v) is 7.87. The highest BCUT2D eigenvalue weighted by Gasteiger charge is 2.22. The molecule has 0 radical (unpaired) electrons. The van der Waals surface area contributed by atoms with Gasteiger partial charge < -0.3 is 15.5 Å². The number of nitrogens with one attached hydrogen (secondary N) is 2. The molecule has 2 heterocycles. The van der Waals surface area contributed by atoms with Gasteiger partial charge in [0.25, 0.3) is 5.56 Å².